The zero-order valence-corrected chi connectivity index (χ0v) is 11.2. The number of hydrogen-bond acceptors (Lipinski definition) is 3. The van der Waals surface area contributed by atoms with Gasteiger partial charge in [-0.1, -0.05) is 17.7 Å². The van der Waals surface area contributed by atoms with E-state index in [2.05, 4.69) is 0 Å². The summed E-state index contributed by atoms with van der Waals surface area (Å²) in [5, 5.41) is 0. The summed E-state index contributed by atoms with van der Waals surface area (Å²) < 4.78 is 10.1. The predicted octanol–water partition coefficient (Wildman–Crippen LogP) is 2.75. The van der Waals surface area contributed by atoms with Gasteiger partial charge in [-0.2, -0.15) is 0 Å². The molecule has 0 atom stereocenters. The van der Waals surface area contributed by atoms with Crippen molar-refractivity contribution in [2.45, 2.75) is 27.2 Å². The predicted molar refractivity (Wildman–Crippen MR) is 67.2 cm³/mol. The lowest BCUT2D eigenvalue weighted by molar-refractivity contribution is -0.150. The maximum absolute atomic E-state index is 11.7. The van der Waals surface area contributed by atoms with Crippen LogP contribution in [0.15, 0.2) is 18.2 Å². The molecule has 0 radical (unpaired) electrons. The molecule has 0 heterocycles. The van der Waals surface area contributed by atoms with Crippen LogP contribution in [0.3, 0.4) is 0 Å². The monoisotopic (exact) mass is 236 g/mol. The first-order chi connectivity index (χ1) is 7.90. The molecule has 0 aliphatic heterocycles. The van der Waals surface area contributed by atoms with E-state index in [0.717, 1.165) is 16.9 Å². The van der Waals surface area contributed by atoms with Crippen LogP contribution < -0.4 is 4.74 Å². The number of benzene rings is 1. The zero-order valence-electron chi connectivity index (χ0n) is 11.2. The molecule has 17 heavy (non-hydrogen) atoms. The molecule has 0 saturated carbocycles. The second-order valence-corrected chi connectivity index (χ2v) is 4.87. The van der Waals surface area contributed by atoms with E-state index in [-0.39, 0.29) is 5.97 Å². The first-order valence-corrected chi connectivity index (χ1v) is 5.62. The smallest absolute Gasteiger partial charge is 0.311 e. The lowest BCUT2D eigenvalue weighted by Gasteiger charge is -2.22. The third-order valence-corrected chi connectivity index (χ3v) is 2.81. The third kappa shape index (κ3) is 3.22. The van der Waals surface area contributed by atoms with Crippen molar-refractivity contribution in [2.24, 2.45) is 5.41 Å². The van der Waals surface area contributed by atoms with Crippen LogP contribution in [0.2, 0.25) is 0 Å². The van der Waals surface area contributed by atoms with Gasteiger partial charge in [0, 0.05) is 0 Å². The first kappa shape index (κ1) is 13.6. The number of methoxy groups -OCH3 is 2. The van der Waals surface area contributed by atoms with Crippen LogP contribution in [-0.4, -0.2) is 20.2 Å². The number of esters is 1. The van der Waals surface area contributed by atoms with Crippen LogP contribution in [0.5, 0.6) is 5.75 Å². The molecule has 0 aliphatic carbocycles. The Morgan fingerprint density at radius 3 is 2.47 bits per heavy atom. The van der Waals surface area contributed by atoms with Gasteiger partial charge in [0.05, 0.1) is 19.6 Å². The highest BCUT2D eigenvalue weighted by atomic mass is 16.5. The average molecular weight is 236 g/mol. The molecule has 0 aliphatic rings. The van der Waals surface area contributed by atoms with Crippen molar-refractivity contribution in [2.75, 3.05) is 14.2 Å². The minimum absolute atomic E-state index is 0.207. The molecule has 94 valence electrons. The summed E-state index contributed by atoms with van der Waals surface area (Å²) in [5.74, 6) is 0.605. The number of rotatable bonds is 4. The fourth-order valence-electron chi connectivity index (χ4n) is 1.87. The Balaban J connectivity index is 3.01. The van der Waals surface area contributed by atoms with E-state index in [0.29, 0.717) is 6.42 Å². The van der Waals surface area contributed by atoms with Crippen molar-refractivity contribution in [1.82, 2.24) is 0 Å². The fourth-order valence-corrected chi connectivity index (χ4v) is 1.87. The molecular weight excluding hydrogens is 216 g/mol. The van der Waals surface area contributed by atoms with Crippen LogP contribution >= 0.6 is 0 Å². The highest BCUT2D eigenvalue weighted by molar-refractivity contribution is 5.76. The highest BCUT2D eigenvalue weighted by Gasteiger charge is 2.30. The van der Waals surface area contributed by atoms with Gasteiger partial charge in [-0.25, -0.2) is 0 Å². The molecule has 1 aromatic carbocycles. The Hall–Kier alpha value is -1.51. The summed E-state index contributed by atoms with van der Waals surface area (Å²) >= 11 is 0. The van der Waals surface area contributed by atoms with Crippen LogP contribution in [0.1, 0.15) is 25.0 Å². The van der Waals surface area contributed by atoms with E-state index >= 15 is 0 Å². The lowest BCUT2D eigenvalue weighted by atomic mass is 9.85. The van der Waals surface area contributed by atoms with Crippen molar-refractivity contribution in [1.29, 1.82) is 0 Å². The molecule has 0 aromatic heterocycles. The van der Waals surface area contributed by atoms with E-state index in [1.165, 1.54) is 7.11 Å². The largest absolute Gasteiger partial charge is 0.496 e. The standard InChI is InChI=1S/C14H20O3/c1-10-6-7-12(16-4)11(8-10)9-14(2,3)13(15)17-5/h6-8H,9H2,1-5H3. The molecule has 0 fully saturated rings. The van der Waals surface area contributed by atoms with Crippen molar-refractivity contribution >= 4 is 5.97 Å². The topological polar surface area (TPSA) is 35.5 Å². The molecule has 0 saturated heterocycles. The summed E-state index contributed by atoms with van der Waals surface area (Å²) in [5.41, 5.74) is 1.64. The lowest BCUT2D eigenvalue weighted by Crippen LogP contribution is -2.28. The Morgan fingerprint density at radius 2 is 1.94 bits per heavy atom. The van der Waals surface area contributed by atoms with E-state index in [1.54, 1.807) is 7.11 Å². The van der Waals surface area contributed by atoms with Crippen LogP contribution in [0.4, 0.5) is 0 Å². The normalized spacial score (nSPS) is 11.1. The number of ether oxygens (including phenoxy) is 2. The third-order valence-electron chi connectivity index (χ3n) is 2.81. The van der Waals surface area contributed by atoms with Gasteiger partial charge in [0.1, 0.15) is 5.75 Å². The van der Waals surface area contributed by atoms with Crippen LogP contribution in [0.25, 0.3) is 0 Å². The minimum atomic E-state index is -0.546. The number of aryl methyl sites for hydroxylation is 1. The van der Waals surface area contributed by atoms with Gasteiger partial charge in [-0.15, -0.1) is 0 Å². The van der Waals surface area contributed by atoms with Gasteiger partial charge in [0.2, 0.25) is 0 Å². The maximum Gasteiger partial charge on any atom is 0.311 e. The molecule has 0 amide bonds. The van der Waals surface area contributed by atoms with Crippen LogP contribution in [-0.2, 0) is 16.0 Å². The quantitative estimate of drug-likeness (QED) is 0.754. The average Bonchev–Trinajstić information content (AvgIpc) is 2.27. The van der Waals surface area contributed by atoms with E-state index in [9.17, 15) is 4.79 Å². The maximum atomic E-state index is 11.7. The van der Waals surface area contributed by atoms with Gasteiger partial charge in [-0.3, -0.25) is 4.79 Å². The first-order valence-electron chi connectivity index (χ1n) is 5.62. The summed E-state index contributed by atoms with van der Waals surface area (Å²) in [6, 6.07) is 5.97. The molecule has 0 N–H and O–H groups in total. The number of carbonyl (C=O) groups excluding carboxylic acids is 1. The number of hydrogen-bond donors (Lipinski definition) is 0. The molecule has 3 heteroatoms. The van der Waals surface area contributed by atoms with Gasteiger partial charge < -0.3 is 9.47 Å². The summed E-state index contributed by atoms with van der Waals surface area (Å²) in [6.45, 7) is 5.77. The Bertz CT molecular complexity index is 408. The SMILES string of the molecule is COC(=O)C(C)(C)Cc1cc(C)ccc1OC. The van der Waals surface area contributed by atoms with Gasteiger partial charge >= 0.3 is 5.97 Å². The van der Waals surface area contributed by atoms with Crippen molar-refractivity contribution in [3.8, 4) is 5.75 Å². The minimum Gasteiger partial charge on any atom is -0.496 e. The Morgan fingerprint density at radius 1 is 1.29 bits per heavy atom. The molecule has 1 rings (SSSR count). The van der Waals surface area contributed by atoms with Gasteiger partial charge in [0.15, 0.2) is 0 Å². The van der Waals surface area contributed by atoms with E-state index in [1.807, 2.05) is 39.0 Å². The molecule has 0 bridgehead atoms. The summed E-state index contributed by atoms with van der Waals surface area (Å²) in [7, 11) is 3.05. The van der Waals surface area contributed by atoms with Crippen molar-refractivity contribution in [3.05, 3.63) is 29.3 Å². The molecule has 0 unspecified atom stereocenters. The summed E-state index contributed by atoms with van der Waals surface area (Å²) in [4.78, 5) is 11.7. The second-order valence-electron chi connectivity index (χ2n) is 4.87. The molecule has 3 nitrogen and oxygen atoms in total. The van der Waals surface area contributed by atoms with E-state index < -0.39 is 5.41 Å². The van der Waals surface area contributed by atoms with Gasteiger partial charge in [0.25, 0.3) is 0 Å². The molecule has 1 aromatic rings. The molecule has 0 spiro atoms. The van der Waals surface area contributed by atoms with E-state index in [4.69, 9.17) is 9.47 Å². The van der Waals surface area contributed by atoms with Crippen molar-refractivity contribution < 1.29 is 14.3 Å². The molecular formula is C14H20O3. The summed E-state index contributed by atoms with van der Waals surface area (Å²) in [6.07, 6.45) is 0.602. The highest BCUT2D eigenvalue weighted by Crippen LogP contribution is 2.29. The zero-order chi connectivity index (χ0) is 13.1. The van der Waals surface area contributed by atoms with Crippen LogP contribution in [0, 0.1) is 12.3 Å². The Labute approximate surface area is 103 Å². The Kier molecular flexibility index (Phi) is 4.16. The van der Waals surface area contributed by atoms with Crippen molar-refractivity contribution in [3.63, 3.8) is 0 Å². The number of carbonyl (C=O) groups is 1. The van der Waals surface area contributed by atoms with Gasteiger partial charge in [-0.05, 0) is 38.8 Å². The fraction of sp³-hybridized carbons (Fsp3) is 0.500. The second kappa shape index (κ2) is 5.21.